The van der Waals surface area contributed by atoms with Gasteiger partial charge in [0.25, 0.3) is 5.91 Å². The predicted octanol–water partition coefficient (Wildman–Crippen LogP) is 2.18. The number of nitrogens with two attached hydrogens (primary N) is 1. The minimum Gasteiger partial charge on any atom is -0.508 e. The fourth-order valence-corrected chi connectivity index (χ4v) is 8.40. The maximum absolute atomic E-state index is 14.1. The van der Waals surface area contributed by atoms with Gasteiger partial charge in [0.2, 0.25) is 5.78 Å². The number of primary amides is 1. The molecule has 10 heteroatoms. The molecular weight excluding hydrogens is 496 g/mol. The molecule has 0 aliphatic heterocycles. The van der Waals surface area contributed by atoms with Crippen LogP contribution in [-0.4, -0.2) is 79.5 Å². The molecule has 0 saturated heterocycles. The monoisotopic (exact) mass is 528 g/mol. The van der Waals surface area contributed by atoms with Gasteiger partial charge in [0.05, 0.1) is 11.6 Å². The molecule has 5 atom stereocenters. The van der Waals surface area contributed by atoms with Crippen LogP contribution in [0.25, 0.3) is 5.76 Å². The van der Waals surface area contributed by atoms with Crippen LogP contribution in [0.4, 0.5) is 0 Å². The lowest BCUT2D eigenvalue weighted by atomic mass is 9.55. The molecule has 5 rings (SSSR count). The zero-order valence-corrected chi connectivity index (χ0v) is 21.6. The highest BCUT2D eigenvalue weighted by molar-refractivity contribution is 7.99. The normalized spacial score (nSPS) is 32.0. The first-order valence-corrected chi connectivity index (χ1v) is 13.6. The zero-order valence-electron chi connectivity index (χ0n) is 20.8. The van der Waals surface area contributed by atoms with Crippen LogP contribution in [0.15, 0.2) is 35.1 Å². The molecule has 198 valence electrons. The summed E-state index contributed by atoms with van der Waals surface area (Å²) in [7, 11) is 3.19. The molecule has 37 heavy (non-hydrogen) atoms. The van der Waals surface area contributed by atoms with Crippen molar-refractivity contribution in [2.75, 3.05) is 19.8 Å². The number of aliphatic hydroxyl groups excluding tert-OH is 2. The van der Waals surface area contributed by atoms with E-state index in [4.69, 9.17) is 5.73 Å². The van der Waals surface area contributed by atoms with Gasteiger partial charge in [-0.15, -0.1) is 0 Å². The Morgan fingerprint density at radius 2 is 1.84 bits per heavy atom. The van der Waals surface area contributed by atoms with E-state index in [9.17, 15) is 34.8 Å². The van der Waals surface area contributed by atoms with Crippen molar-refractivity contribution < 1.29 is 34.8 Å². The number of nitrogens with zero attached hydrogens (tertiary/aromatic N) is 1. The van der Waals surface area contributed by atoms with Crippen LogP contribution >= 0.6 is 11.8 Å². The molecular formula is C27H32N2O7S. The van der Waals surface area contributed by atoms with Crippen LogP contribution in [0.1, 0.15) is 49.1 Å². The van der Waals surface area contributed by atoms with Gasteiger partial charge in [-0.25, -0.2) is 0 Å². The smallest absolute Gasteiger partial charge is 0.255 e. The lowest BCUT2D eigenvalue weighted by Gasteiger charge is -2.51. The molecule has 2 saturated carbocycles. The number of carbonyl (C=O) groups is 3. The van der Waals surface area contributed by atoms with E-state index in [1.807, 2.05) is 6.07 Å². The second-order valence-corrected chi connectivity index (χ2v) is 12.1. The Morgan fingerprint density at radius 3 is 2.46 bits per heavy atom. The van der Waals surface area contributed by atoms with Crippen LogP contribution in [0.2, 0.25) is 0 Å². The van der Waals surface area contributed by atoms with Crippen LogP contribution in [-0.2, 0) is 14.4 Å². The van der Waals surface area contributed by atoms with Gasteiger partial charge in [-0.3, -0.25) is 19.3 Å². The van der Waals surface area contributed by atoms with Crippen LogP contribution in [0.3, 0.4) is 0 Å². The molecule has 0 bridgehead atoms. The SMILES string of the molecule is CN(C)C1C(=O)C(C(N)=O)=C(O)C2(O)C(=O)C3=C(O)c4c(O)cccc4C(CSC4CCCC4)C3CC12. The number of likely N-dealkylation sites (N-methyl/N-ethyl adjacent to an activating group) is 1. The second-order valence-electron chi connectivity index (χ2n) is 10.8. The lowest BCUT2D eigenvalue weighted by molar-refractivity contribution is -0.154. The van der Waals surface area contributed by atoms with Gasteiger partial charge in [0, 0.05) is 28.4 Å². The van der Waals surface area contributed by atoms with Crippen molar-refractivity contribution in [3.63, 3.8) is 0 Å². The maximum atomic E-state index is 14.1. The fraction of sp³-hybridized carbons (Fsp3) is 0.519. The molecule has 0 aromatic heterocycles. The number of amides is 1. The highest BCUT2D eigenvalue weighted by atomic mass is 32.2. The molecule has 2 fully saturated rings. The summed E-state index contributed by atoms with van der Waals surface area (Å²) in [6.45, 7) is 0. The number of aromatic hydroxyl groups is 1. The summed E-state index contributed by atoms with van der Waals surface area (Å²) >= 11 is 1.80. The lowest BCUT2D eigenvalue weighted by Crippen LogP contribution is -2.66. The highest BCUT2D eigenvalue weighted by Gasteiger charge is 2.65. The molecule has 1 amide bonds. The molecule has 0 spiro atoms. The van der Waals surface area contributed by atoms with Gasteiger partial charge in [0.1, 0.15) is 22.8 Å². The Balaban J connectivity index is 1.69. The summed E-state index contributed by atoms with van der Waals surface area (Å²) in [5.74, 6) is -6.01. The van der Waals surface area contributed by atoms with E-state index in [2.05, 4.69) is 0 Å². The molecule has 9 nitrogen and oxygen atoms in total. The first kappa shape index (κ1) is 25.8. The fourth-order valence-electron chi connectivity index (χ4n) is 6.84. The van der Waals surface area contributed by atoms with Crippen molar-refractivity contribution >= 4 is 35.0 Å². The number of phenolic OH excluding ortho intramolecular Hbond substituents is 1. The molecule has 1 aromatic rings. The molecule has 0 heterocycles. The number of fused-ring (bicyclic) bond motifs is 3. The largest absolute Gasteiger partial charge is 0.508 e. The number of thioether (sulfide) groups is 1. The van der Waals surface area contributed by atoms with Crippen molar-refractivity contribution in [1.29, 1.82) is 0 Å². The van der Waals surface area contributed by atoms with Crippen LogP contribution < -0.4 is 5.73 Å². The average molecular weight is 529 g/mol. The first-order chi connectivity index (χ1) is 17.5. The van der Waals surface area contributed by atoms with Gasteiger partial charge >= 0.3 is 0 Å². The van der Waals surface area contributed by atoms with E-state index in [1.54, 1.807) is 31.9 Å². The Labute approximate surface area is 219 Å². The Bertz CT molecular complexity index is 1250. The van der Waals surface area contributed by atoms with Crippen molar-refractivity contribution in [1.82, 2.24) is 4.90 Å². The third kappa shape index (κ3) is 3.72. The van der Waals surface area contributed by atoms with Gasteiger partial charge < -0.3 is 26.2 Å². The Morgan fingerprint density at radius 1 is 1.16 bits per heavy atom. The summed E-state index contributed by atoms with van der Waals surface area (Å²) in [6, 6.07) is 3.85. The molecule has 5 unspecified atom stereocenters. The van der Waals surface area contributed by atoms with Gasteiger partial charge in [-0.05, 0) is 50.9 Å². The summed E-state index contributed by atoms with van der Waals surface area (Å²) in [5.41, 5.74) is 2.68. The summed E-state index contributed by atoms with van der Waals surface area (Å²) in [5, 5.41) is 45.2. The molecule has 6 N–H and O–H groups in total. The standard InChI is InChI=1S/C27H32N2O7S/c1-29(2)21-16-10-14-15(11-37-12-6-3-4-7-12)13-8-5-9-17(30)18(13)22(31)19(14)24(33)27(16,36)25(34)20(23(21)32)26(28)35/h5,8-9,12,14-16,21,30-31,34,36H,3-4,6-7,10-11H2,1-2H3,(H2,28,35). The Hall–Kier alpha value is -2.82. The number of Topliss-reactive ketones (excluding diaryl/α,β-unsaturated/α-hetero) is 2. The number of benzene rings is 1. The Kier molecular flexibility index (Phi) is 6.40. The van der Waals surface area contributed by atoms with Crippen LogP contribution in [0, 0.1) is 11.8 Å². The van der Waals surface area contributed by atoms with Crippen molar-refractivity contribution in [3.8, 4) is 5.75 Å². The minimum absolute atomic E-state index is 0.0946. The predicted molar refractivity (Wildman–Crippen MR) is 138 cm³/mol. The number of hydrogen-bond donors (Lipinski definition) is 5. The summed E-state index contributed by atoms with van der Waals surface area (Å²) in [4.78, 5) is 41.0. The number of ketones is 2. The van der Waals surface area contributed by atoms with Crippen molar-refractivity contribution in [2.45, 2.75) is 54.9 Å². The van der Waals surface area contributed by atoms with Crippen molar-refractivity contribution in [2.24, 2.45) is 17.6 Å². The number of aliphatic hydroxyl groups is 3. The third-order valence-electron chi connectivity index (χ3n) is 8.57. The molecule has 1 aromatic carbocycles. The third-order valence-corrected chi connectivity index (χ3v) is 10.1. The number of phenols is 1. The van der Waals surface area contributed by atoms with Gasteiger partial charge in [-0.1, -0.05) is 25.0 Å². The zero-order chi connectivity index (χ0) is 26.8. The number of rotatable bonds is 5. The quantitative estimate of drug-likeness (QED) is 0.361. The van der Waals surface area contributed by atoms with Gasteiger partial charge in [-0.2, -0.15) is 11.8 Å². The summed E-state index contributed by atoms with van der Waals surface area (Å²) in [6.07, 6.45) is 4.65. The molecule has 4 aliphatic carbocycles. The highest BCUT2D eigenvalue weighted by Crippen LogP contribution is 2.56. The van der Waals surface area contributed by atoms with E-state index < -0.39 is 58.0 Å². The summed E-state index contributed by atoms with van der Waals surface area (Å²) < 4.78 is 0. The van der Waals surface area contributed by atoms with E-state index >= 15 is 0 Å². The number of carbonyl (C=O) groups excluding carboxylic acids is 3. The van der Waals surface area contributed by atoms with E-state index in [0.29, 0.717) is 16.6 Å². The maximum Gasteiger partial charge on any atom is 0.255 e. The molecule has 4 aliphatic rings. The van der Waals surface area contributed by atoms with Crippen LogP contribution in [0.5, 0.6) is 5.75 Å². The molecule has 0 radical (unpaired) electrons. The van der Waals surface area contributed by atoms with E-state index in [0.717, 1.165) is 12.8 Å². The minimum atomic E-state index is -2.63. The van der Waals surface area contributed by atoms with E-state index in [1.165, 1.54) is 23.8 Å². The van der Waals surface area contributed by atoms with E-state index in [-0.39, 0.29) is 29.2 Å². The number of hydrogen-bond acceptors (Lipinski definition) is 9. The topological polar surface area (TPSA) is 161 Å². The van der Waals surface area contributed by atoms with Gasteiger partial charge in [0.15, 0.2) is 11.4 Å². The van der Waals surface area contributed by atoms with Crippen molar-refractivity contribution in [3.05, 3.63) is 46.2 Å². The second kappa shape index (κ2) is 9.18. The first-order valence-electron chi connectivity index (χ1n) is 12.6. The average Bonchev–Trinajstić information content (AvgIpc) is 3.34.